The van der Waals surface area contributed by atoms with Crippen molar-refractivity contribution in [3.05, 3.63) is 63.7 Å². The minimum absolute atomic E-state index is 0.0570. The molecule has 152 valence electrons. The summed E-state index contributed by atoms with van der Waals surface area (Å²) in [7, 11) is 0. The molecule has 0 saturated heterocycles. The number of amides is 1. The molecule has 0 bridgehead atoms. The molecule has 0 aliphatic heterocycles. The molecule has 1 N–H and O–H groups in total. The van der Waals surface area contributed by atoms with E-state index in [0.29, 0.717) is 34.2 Å². The van der Waals surface area contributed by atoms with Crippen LogP contribution in [0.25, 0.3) is 10.9 Å². The summed E-state index contributed by atoms with van der Waals surface area (Å²) in [6.45, 7) is 4.72. The fourth-order valence-electron chi connectivity index (χ4n) is 2.74. The van der Waals surface area contributed by atoms with Crippen LogP contribution in [-0.4, -0.2) is 21.2 Å². The number of carbonyl (C=O) groups is 1. The van der Waals surface area contributed by atoms with Crippen LogP contribution in [0.4, 0.5) is 10.1 Å². The second-order valence-corrected chi connectivity index (χ2v) is 8.37. The number of carbonyl (C=O) groups excluding carboxylic acids is 1. The Balaban J connectivity index is 1.80. The third-order valence-electron chi connectivity index (χ3n) is 4.29. The fraction of sp³-hybridized carbons (Fsp3) is 0.286. The Morgan fingerprint density at radius 3 is 2.76 bits per heavy atom. The maximum atomic E-state index is 13.3. The lowest BCUT2D eigenvalue weighted by Gasteiger charge is -2.14. The Hall–Kier alpha value is -2.38. The number of thioether (sulfide) groups is 1. The van der Waals surface area contributed by atoms with Crippen molar-refractivity contribution in [3.63, 3.8) is 0 Å². The third-order valence-corrected chi connectivity index (χ3v) is 5.56. The summed E-state index contributed by atoms with van der Waals surface area (Å²) < 4.78 is 14.9. The first kappa shape index (κ1) is 21.3. The molecule has 1 heterocycles. The lowest BCUT2D eigenvalue weighted by Crippen LogP contribution is -2.25. The first-order chi connectivity index (χ1) is 13.8. The van der Waals surface area contributed by atoms with Crippen LogP contribution < -0.4 is 10.9 Å². The van der Waals surface area contributed by atoms with Gasteiger partial charge in [-0.1, -0.05) is 49.3 Å². The number of rotatable bonds is 7. The molecular weight excluding hydrogens is 413 g/mol. The van der Waals surface area contributed by atoms with Gasteiger partial charge in [-0.15, -0.1) is 0 Å². The molecule has 29 heavy (non-hydrogen) atoms. The van der Waals surface area contributed by atoms with Gasteiger partial charge in [-0.25, -0.2) is 9.37 Å². The van der Waals surface area contributed by atoms with Crippen LogP contribution in [0.15, 0.2) is 52.4 Å². The maximum absolute atomic E-state index is 13.3. The summed E-state index contributed by atoms with van der Waals surface area (Å²) in [6.07, 6.45) is 0.827. The zero-order valence-electron chi connectivity index (χ0n) is 16.1. The quantitative estimate of drug-likeness (QED) is 0.422. The predicted molar refractivity (Wildman–Crippen MR) is 116 cm³/mol. The molecule has 0 fully saturated rings. The summed E-state index contributed by atoms with van der Waals surface area (Å²) in [5.74, 6) is -0.358. The number of hydrogen-bond donors (Lipinski definition) is 1. The van der Waals surface area contributed by atoms with Gasteiger partial charge in [-0.05, 0) is 42.7 Å². The van der Waals surface area contributed by atoms with E-state index in [1.165, 1.54) is 30.0 Å². The molecule has 8 heteroatoms. The molecule has 5 nitrogen and oxygen atoms in total. The number of nitrogens with one attached hydrogen (secondary N) is 1. The highest BCUT2D eigenvalue weighted by Gasteiger charge is 2.14. The number of benzene rings is 2. The monoisotopic (exact) mass is 433 g/mol. The van der Waals surface area contributed by atoms with Gasteiger partial charge in [0.1, 0.15) is 5.82 Å². The standard InChI is InChI=1S/C21H21ClFN3O2S/c1-13(2)9-10-26-20(28)15-5-3-4-6-18(15)25-21(26)29-12-19(27)24-14-7-8-17(23)16(22)11-14/h3-8,11,13H,9-10,12H2,1-2H3,(H,24,27). The largest absolute Gasteiger partial charge is 0.325 e. The van der Waals surface area contributed by atoms with Crippen LogP contribution >= 0.6 is 23.4 Å². The van der Waals surface area contributed by atoms with Crippen molar-refractivity contribution < 1.29 is 9.18 Å². The van der Waals surface area contributed by atoms with Gasteiger partial charge < -0.3 is 5.32 Å². The first-order valence-corrected chi connectivity index (χ1v) is 10.6. The highest BCUT2D eigenvalue weighted by Crippen LogP contribution is 2.21. The Morgan fingerprint density at radius 2 is 2.03 bits per heavy atom. The maximum Gasteiger partial charge on any atom is 0.262 e. The van der Waals surface area contributed by atoms with Crippen molar-refractivity contribution in [2.75, 3.05) is 11.1 Å². The van der Waals surface area contributed by atoms with Crippen molar-refractivity contribution in [2.24, 2.45) is 5.92 Å². The average Bonchev–Trinajstić information content (AvgIpc) is 2.68. The lowest BCUT2D eigenvalue weighted by atomic mass is 10.1. The molecule has 2 aromatic carbocycles. The molecule has 3 aromatic rings. The van der Waals surface area contributed by atoms with Gasteiger partial charge in [0.25, 0.3) is 5.56 Å². The van der Waals surface area contributed by atoms with E-state index < -0.39 is 5.82 Å². The molecule has 0 saturated carbocycles. The summed E-state index contributed by atoms with van der Waals surface area (Å²) in [4.78, 5) is 29.8. The van der Waals surface area contributed by atoms with Crippen LogP contribution in [0.5, 0.6) is 0 Å². The van der Waals surface area contributed by atoms with Gasteiger partial charge in [-0.3, -0.25) is 14.2 Å². The van der Waals surface area contributed by atoms with Gasteiger partial charge >= 0.3 is 0 Å². The topological polar surface area (TPSA) is 64.0 Å². The number of nitrogens with zero attached hydrogens (tertiary/aromatic N) is 2. The Morgan fingerprint density at radius 1 is 1.28 bits per heavy atom. The molecule has 0 aliphatic carbocycles. The van der Waals surface area contributed by atoms with Crippen LogP contribution in [0.2, 0.25) is 5.02 Å². The highest BCUT2D eigenvalue weighted by atomic mass is 35.5. The number of fused-ring (bicyclic) bond motifs is 1. The molecule has 0 spiro atoms. The van der Waals surface area contributed by atoms with Crippen molar-refractivity contribution in [1.82, 2.24) is 9.55 Å². The van der Waals surface area contributed by atoms with Gasteiger partial charge in [0.05, 0.1) is 21.7 Å². The smallest absolute Gasteiger partial charge is 0.262 e. The minimum atomic E-state index is -0.548. The van der Waals surface area contributed by atoms with Gasteiger partial charge in [0.2, 0.25) is 5.91 Å². The van der Waals surface area contributed by atoms with Gasteiger partial charge in [-0.2, -0.15) is 0 Å². The van der Waals surface area contributed by atoms with Crippen molar-refractivity contribution in [3.8, 4) is 0 Å². The van der Waals surface area contributed by atoms with Crippen molar-refractivity contribution >= 4 is 45.9 Å². The van der Waals surface area contributed by atoms with Gasteiger partial charge in [0.15, 0.2) is 5.16 Å². The number of halogens is 2. The van der Waals surface area contributed by atoms with Gasteiger partial charge in [0, 0.05) is 12.2 Å². The zero-order valence-corrected chi connectivity index (χ0v) is 17.7. The molecule has 1 amide bonds. The summed E-state index contributed by atoms with van der Waals surface area (Å²) >= 11 is 6.94. The van der Waals surface area contributed by atoms with E-state index in [1.807, 2.05) is 12.1 Å². The molecule has 0 aliphatic rings. The van der Waals surface area contributed by atoms with E-state index in [0.717, 1.165) is 6.42 Å². The number of aromatic nitrogens is 2. The van der Waals surface area contributed by atoms with Crippen molar-refractivity contribution in [2.45, 2.75) is 32.0 Å². The second-order valence-electron chi connectivity index (χ2n) is 7.02. The molecule has 0 atom stereocenters. The summed E-state index contributed by atoms with van der Waals surface area (Å²) in [5, 5.41) is 3.68. The Labute approximate surface area is 177 Å². The highest BCUT2D eigenvalue weighted by molar-refractivity contribution is 7.99. The van der Waals surface area contributed by atoms with Crippen LogP contribution in [0.3, 0.4) is 0 Å². The Bertz CT molecular complexity index is 1100. The summed E-state index contributed by atoms with van der Waals surface area (Å²) in [5.41, 5.74) is 0.904. The van der Waals surface area contributed by atoms with E-state index in [9.17, 15) is 14.0 Å². The average molecular weight is 434 g/mol. The second kappa shape index (κ2) is 9.41. The van der Waals surface area contributed by atoms with E-state index in [-0.39, 0.29) is 22.2 Å². The number of hydrogen-bond acceptors (Lipinski definition) is 4. The number of anilines is 1. The van der Waals surface area contributed by atoms with E-state index in [2.05, 4.69) is 24.1 Å². The first-order valence-electron chi connectivity index (χ1n) is 9.22. The van der Waals surface area contributed by atoms with Crippen LogP contribution in [0.1, 0.15) is 20.3 Å². The van der Waals surface area contributed by atoms with Crippen LogP contribution in [0, 0.1) is 11.7 Å². The number of para-hydroxylation sites is 1. The Kier molecular flexibility index (Phi) is 6.92. The normalized spacial score (nSPS) is 11.2. The molecule has 1 aromatic heterocycles. The van der Waals surface area contributed by atoms with E-state index in [1.54, 1.807) is 16.7 Å². The predicted octanol–water partition coefficient (Wildman–Crippen LogP) is 4.97. The molecule has 0 unspecified atom stereocenters. The third kappa shape index (κ3) is 5.36. The van der Waals surface area contributed by atoms with Crippen LogP contribution in [-0.2, 0) is 11.3 Å². The minimum Gasteiger partial charge on any atom is -0.325 e. The SMILES string of the molecule is CC(C)CCn1c(SCC(=O)Nc2ccc(F)c(Cl)c2)nc2ccccc2c1=O. The fourth-order valence-corrected chi connectivity index (χ4v) is 3.75. The molecule has 3 rings (SSSR count). The van der Waals surface area contributed by atoms with E-state index >= 15 is 0 Å². The molecule has 0 radical (unpaired) electrons. The van der Waals surface area contributed by atoms with E-state index in [4.69, 9.17) is 11.6 Å². The lowest BCUT2D eigenvalue weighted by molar-refractivity contribution is -0.113. The van der Waals surface area contributed by atoms with Crippen molar-refractivity contribution in [1.29, 1.82) is 0 Å². The zero-order chi connectivity index (χ0) is 21.0. The molecular formula is C21H21ClFN3O2S. The summed E-state index contributed by atoms with van der Waals surface area (Å²) in [6, 6.07) is 11.2.